The summed E-state index contributed by atoms with van der Waals surface area (Å²) in [7, 11) is 1.13. The molecule has 4 bridgehead atoms. The predicted octanol–water partition coefficient (Wildman–Crippen LogP) is 7.69. The van der Waals surface area contributed by atoms with Gasteiger partial charge in [-0.15, -0.1) is 0 Å². The van der Waals surface area contributed by atoms with Crippen molar-refractivity contribution in [1.29, 1.82) is 0 Å². The number of fused-ring (bicyclic) bond motifs is 3. The van der Waals surface area contributed by atoms with E-state index in [1.54, 1.807) is 7.11 Å². The third-order valence-electron chi connectivity index (χ3n) is 11.3. The Labute approximate surface area is 271 Å². The highest BCUT2D eigenvalue weighted by molar-refractivity contribution is 7.50. The molecular weight excluding hydrogens is 600 g/mol. The molecule has 238 valence electrons. The molecule has 4 aliphatic carbocycles. The Morgan fingerprint density at radius 3 is 2.13 bits per heavy atom. The number of carbonyl (C=O) groups is 3. The molecule has 46 heavy (non-hydrogen) atoms. The molecule has 3 aromatic carbocycles. The fourth-order valence-corrected chi connectivity index (χ4v) is 11.7. The van der Waals surface area contributed by atoms with Gasteiger partial charge >= 0.3 is 17.9 Å². The number of hydrogen-bond acceptors (Lipinski definition) is 7. The number of hydrogen-bond donors (Lipinski definition) is 0. The molecule has 9 rings (SSSR count). The minimum atomic E-state index is -0.994. The van der Waals surface area contributed by atoms with Gasteiger partial charge in [0.2, 0.25) is 0 Å². The molecule has 4 aromatic rings. The first kappa shape index (κ1) is 29.5. The molecule has 0 N–H and O–H groups in total. The fourth-order valence-electron chi connectivity index (χ4n) is 9.29. The van der Waals surface area contributed by atoms with Crippen LogP contribution in [0.2, 0.25) is 0 Å². The van der Waals surface area contributed by atoms with Gasteiger partial charge < -0.3 is 18.9 Å². The van der Waals surface area contributed by atoms with Gasteiger partial charge in [0, 0.05) is 38.9 Å². The number of esters is 3. The van der Waals surface area contributed by atoms with E-state index in [4.69, 9.17) is 18.9 Å². The maximum absolute atomic E-state index is 14.0. The lowest BCUT2D eigenvalue weighted by molar-refractivity contribution is -0.207. The van der Waals surface area contributed by atoms with Gasteiger partial charge in [-0.05, 0) is 99.5 Å². The molecule has 1 aliphatic heterocycles. The summed E-state index contributed by atoms with van der Waals surface area (Å²) in [6, 6.07) is 22.7. The zero-order chi connectivity index (χ0) is 31.6. The molecule has 1 saturated heterocycles. The summed E-state index contributed by atoms with van der Waals surface area (Å²) in [5, 5.41) is 2.39. The fraction of sp³-hybridized carbons (Fsp3) is 0.447. The van der Waals surface area contributed by atoms with Crippen LogP contribution in [-0.4, -0.2) is 43.8 Å². The first-order valence-electron chi connectivity index (χ1n) is 16.5. The van der Waals surface area contributed by atoms with Crippen LogP contribution in [-0.2, 0) is 28.6 Å². The van der Waals surface area contributed by atoms with Crippen molar-refractivity contribution in [3.05, 3.63) is 72.3 Å². The molecule has 5 aliphatic rings. The smallest absolute Gasteiger partial charge is 0.344 e. The SMILES string of the molecule is COc1ccc(-[s+]2c3ccccc3c3ccccc32)cc1C(C(=O)OCC(=O)OC1(C)C2CC3CC(C2)CC1C3)C1CCOC1=O. The second-order valence-electron chi connectivity index (χ2n) is 13.8. The molecule has 5 fully saturated rings. The topological polar surface area (TPSA) is 88.1 Å². The van der Waals surface area contributed by atoms with Crippen LogP contribution < -0.4 is 4.74 Å². The zero-order valence-corrected chi connectivity index (χ0v) is 27.1. The molecule has 2 atom stereocenters. The Kier molecular flexibility index (Phi) is 7.31. The first-order chi connectivity index (χ1) is 22.3. The maximum atomic E-state index is 14.0. The van der Waals surface area contributed by atoms with Gasteiger partial charge in [0.1, 0.15) is 11.4 Å². The summed E-state index contributed by atoms with van der Waals surface area (Å²) in [6.07, 6.45) is 6.11. The minimum absolute atomic E-state index is 0.228. The van der Waals surface area contributed by atoms with Crippen molar-refractivity contribution in [3.8, 4) is 10.6 Å². The van der Waals surface area contributed by atoms with Gasteiger partial charge in [-0.1, -0.05) is 24.3 Å². The maximum Gasteiger partial charge on any atom is 0.344 e. The van der Waals surface area contributed by atoms with Crippen molar-refractivity contribution in [2.75, 3.05) is 20.3 Å². The van der Waals surface area contributed by atoms with Crippen molar-refractivity contribution in [2.24, 2.45) is 29.6 Å². The van der Waals surface area contributed by atoms with Crippen LogP contribution in [0.25, 0.3) is 25.1 Å². The quantitative estimate of drug-likeness (QED) is 0.111. The molecule has 2 unspecified atom stereocenters. The molecule has 0 radical (unpaired) electrons. The van der Waals surface area contributed by atoms with Gasteiger partial charge in [-0.2, -0.15) is 0 Å². The standard InChI is InChI=1S/C38H39O7S/c1-38(24-16-22-15-23(18-24)19-25(38)17-22)45-34(39)21-44-37(41)35(29-13-14-43-36(29)40)30-20-26(11-12-31(30)42-2)46-32-9-5-3-7-27(32)28-8-4-6-10-33(28)46/h3-12,20,22-25,29,35H,13-19,21H2,1-2H3/q+1. The van der Waals surface area contributed by atoms with Crippen molar-refractivity contribution in [2.45, 2.75) is 57.0 Å². The van der Waals surface area contributed by atoms with E-state index >= 15 is 0 Å². The average Bonchev–Trinajstić information content (AvgIpc) is 3.63. The third-order valence-corrected chi connectivity index (χ3v) is 13.7. The Balaban J connectivity index is 1.10. The average molecular weight is 640 g/mol. The lowest BCUT2D eigenvalue weighted by atomic mass is 9.50. The van der Waals surface area contributed by atoms with Crippen LogP contribution in [0.15, 0.2) is 66.7 Å². The number of rotatable bonds is 8. The lowest BCUT2D eigenvalue weighted by Gasteiger charge is -2.59. The highest BCUT2D eigenvalue weighted by Crippen LogP contribution is 2.59. The normalized spacial score (nSPS) is 28.7. The van der Waals surface area contributed by atoms with Gasteiger partial charge in [0.25, 0.3) is 0 Å². The van der Waals surface area contributed by atoms with Crippen LogP contribution in [0.1, 0.15) is 56.9 Å². The molecular formula is C38H39O7S+. The van der Waals surface area contributed by atoms with E-state index in [2.05, 4.69) is 31.2 Å². The van der Waals surface area contributed by atoms with E-state index in [1.165, 1.54) is 26.6 Å². The van der Waals surface area contributed by atoms with E-state index in [0.717, 1.165) is 42.4 Å². The summed E-state index contributed by atoms with van der Waals surface area (Å²) in [5.41, 5.74) is 0.0438. The van der Waals surface area contributed by atoms with Gasteiger partial charge in [0.05, 0.1) is 25.6 Å². The number of cyclic esters (lactones) is 1. The minimum Gasteiger partial charge on any atom is -0.496 e. The Hall–Kier alpha value is -3.91. The highest BCUT2D eigenvalue weighted by Gasteiger charge is 2.57. The molecule has 1 aromatic heterocycles. The Morgan fingerprint density at radius 1 is 0.913 bits per heavy atom. The first-order valence-corrected chi connectivity index (χ1v) is 17.7. The lowest BCUT2D eigenvalue weighted by Crippen LogP contribution is -2.58. The molecule has 4 saturated carbocycles. The van der Waals surface area contributed by atoms with Crippen molar-refractivity contribution >= 4 is 48.6 Å². The third kappa shape index (κ3) is 4.79. The number of ether oxygens (including phenoxy) is 4. The van der Waals surface area contributed by atoms with Gasteiger partial charge in [-0.25, -0.2) is 4.79 Å². The van der Waals surface area contributed by atoms with E-state index in [0.29, 0.717) is 29.6 Å². The number of carbonyl (C=O) groups excluding carboxylic acids is 3. The molecule has 7 nitrogen and oxygen atoms in total. The highest BCUT2D eigenvalue weighted by atomic mass is 32.2. The number of benzene rings is 3. The van der Waals surface area contributed by atoms with Gasteiger partial charge in [-0.3, -0.25) is 9.59 Å². The monoisotopic (exact) mass is 639 g/mol. The van der Waals surface area contributed by atoms with Crippen molar-refractivity contribution < 1.29 is 33.3 Å². The Bertz CT molecular complexity index is 1780. The van der Waals surface area contributed by atoms with Gasteiger partial charge in [0.15, 0.2) is 20.9 Å². The summed E-state index contributed by atoms with van der Waals surface area (Å²) in [5.74, 6) is -0.665. The largest absolute Gasteiger partial charge is 0.496 e. The van der Waals surface area contributed by atoms with E-state index in [9.17, 15) is 14.4 Å². The van der Waals surface area contributed by atoms with Crippen LogP contribution >= 0.6 is 10.5 Å². The number of thiophene rings is 1. The van der Waals surface area contributed by atoms with E-state index in [1.807, 2.05) is 42.5 Å². The molecule has 8 heteroatoms. The zero-order valence-electron chi connectivity index (χ0n) is 26.2. The second-order valence-corrected chi connectivity index (χ2v) is 15.8. The van der Waals surface area contributed by atoms with Crippen LogP contribution in [0.3, 0.4) is 0 Å². The molecule has 0 amide bonds. The predicted molar refractivity (Wildman–Crippen MR) is 176 cm³/mol. The van der Waals surface area contributed by atoms with Crippen molar-refractivity contribution in [1.82, 2.24) is 0 Å². The second kappa shape index (κ2) is 11.4. The van der Waals surface area contributed by atoms with E-state index < -0.39 is 52.4 Å². The van der Waals surface area contributed by atoms with Crippen LogP contribution in [0.5, 0.6) is 5.75 Å². The summed E-state index contributed by atoms with van der Waals surface area (Å²) >= 11 is 0. The molecule has 2 heterocycles. The summed E-state index contributed by atoms with van der Waals surface area (Å²) < 4.78 is 25.4. The van der Waals surface area contributed by atoms with Crippen LogP contribution in [0, 0.1) is 29.6 Å². The summed E-state index contributed by atoms with van der Waals surface area (Å²) in [4.78, 5) is 41.3. The Morgan fingerprint density at radius 2 is 1.54 bits per heavy atom. The van der Waals surface area contributed by atoms with Crippen LogP contribution in [0.4, 0.5) is 0 Å². The molecule has 0 spiro atoms. The number of methoxy groups -OCH3 is 1. The van der Waals surface area contributed by atoms with E-state index in [-0.39, 0.29) is 6.61 Å². The van der Waals surface area contributed by atoms with Crippen molar-refractivity contribution in [3.63, 3.8) is 0 Å². The summed E-state index contributed by atoms with van der Waals surface area (Å²) in [6.45, 7) is 1.81.